The molecule has 1 amide bonds. The van der Waals surface area contributed by atoms with E-state index in [4.69, 9.17) is 4.74 Å². The van der Waals surface area contributed by atoms with E-state index in [1.54, 1.807) is 0 Å². The summed E-state index contributed by atoms with van der Waals surface area (Å²) in [6, 6.07) is 19.3. The van der Waals surface area contributed by atoms with Crippen LogP contribution in [0.3, 0.4) is 0 Å². The molecular weight excluding hydrogens is 423 g/mol. The van der Waals surface area contributed by atoms with Crippen molar-refractivity contribution in [1.82, 2.24) is 5.32 Å². The van der Waals surface area contributed by atoms with Gasteiger partial charge < -0.3 is 0 Å². The summed E-state index contributed by atoms with van der Waals surface area (Å²) in [6.45, 7) is 6.78. The Morgan fingerprint density at radius 2 is 1.74 bits per heavy atom. The number of hydrogen-bond donors (Lipinski definition) is 1. The molecule has 144 valence electrons. The van der Waals surface area contributed by atoms with Crippen molar-refractivity contribution in [3.05, 3.63) is 65.9 Å². The van der Waals surface area contributed by atoms with E-state index in [0.29, 0.717) is 12.3 Å². The van der Waals surface area contributed by atoms with Gasteiger partial charge in [0.2, 0.25) is 0 Å². The molecule has 1 N–H and O–H groups in total. The van der Waals surface area contributed by atoms with Crippen LogP contribution in [0.1, 0.15) is 0 Å². The van der Waals surface area contributed by atoms with E-state index in [0.717, 1.165) is 0 Å². The van der Waals surface area contributed by atoms with Gasteiger partial charge in [-0.3, -0.25) is 0 Å². The van der Waals surface area contributed by atoms with Gasteiger partial charge in [-0.1, -0.05) is 0 Å². The van der Waals surface area contributed by atoms with Crippen LogP contribution < -0.4 is 14.5 Å². The molecule has 2 aromatic rings. The van der Waals surface area contributed by atoms with Gasteiger partial charge in [0.15, 0.2) is 0 Å². The average molecular weight is 449 g/mol. The number of amides is 1. The first kappa shape index (κ1) is 20.1. The first-order valence-corrected chi connectivity index (χ1v) is 14.4. The van der Waals surface area contributed by atoms with Crippen molar-refractivity contribution >= 4 is 33.6 Å². The van der Waals surface area contributed by atoms with Gasteiger partial charge in [-0.05, 0) is 0 Å². The van der Waals surface area contributed by atoms with E-state index < -0.39 is 8.24 Å². The number of carbonyl (C=O) groups is 1. The van der Waals surface area contributed by atoms with Crippen LogP contribution >= 0.6 is 0 Å². The molecule has 1 fully saturated rings. The quantitative estimate of drug-likeness (QED) is 0.520. The minimum atomic E-state index is -1.96. The Kier molecular flexibility index (Phi) is 6.08. The number of hydroxylamine groups is 2. The molecule has 3 rings (SSSR count). The van der Waals surface area contributed by atoms with E-state index in [1.807, 2.05) is 48.5 Å². The summed E-state index contributed by atoms with van der Waals surface area (Å²) in [5.41, 5.74) is 0. The molecule has 1 heterocycles. The van der Waals surface area contributed by atoms with Gasteiger partial charge in [0.05, 0.1) is 0 Å². The molecule has 0 bridgehead atoms. The second-order valence-corrected chi connectivity index (χ2v) is 15.3. The standard InChI is InChI=1S/C20H26N2O3SeSi/c1-27(2,3)22(24)14-18(20(22)26-17-12-8-5-9-13-17)21-19(23)15-25-16-10-6-4-7-11-16/h4-13,18,20H,14-15H2,1-3H3,(H,21,23). The van der Waals surface area contributed by atoms with Crippen LogP contribution in [0.15, 0.2) is 60.7 Å². The molecule has 3 atom stereocenters. The Morgan fingerprint density at radius 1 is 1.15 bits per heavy atom. The average Bonchev–Trinajstić information content (AvgIpc) is 2.65. The third-order valence-electron chi connectivity index (χ3n) is 4.82. The molecule has 2 aromatic carbocycles. The third kappa shape index (κ3) is 4.62. The fourth-order valence-corrected chi connectivity index (χ4v) is 9.53. The Morgan fingerprint density at radius 3 is 2.33 bits per heavy atom. The van der Waals surface area contributed by atoms with Crippen LogP contribution in [0.4, 0.5) is 0 Å². The number of ether oxygens (including phenoxy) is 1. The van der Waals surface area contributed by atoms with Crippen LogP contribution in [0.2, 0.25) is 19.6 Å². The monoisotopic (exact) mass is 450 g/mol. The Hall–Kier alpha value is -1.63. The van der Waals surface area contributed by atoms with Crippen LogP contribution in [-0.4, -0.2) is 57.5 Å². The Bertz CT molecular complexity index is 770. The van der Waals surface area contributed by atoms with Gasteiger partial charge in [-0.25, -0.2) is 0 Å². The van der Waals surface area contributed by atoms with Crippen LogP contribution in [0.5, 0.6) is 5.75 Å². The molecule has 0 saturated carbocycles. The van der Waals surface area contributed by atoms with Gasteiger partial charge >= 0.3 is 168 Å². The SMILES string of the molecule is C[Si](C)(C)[N+]1([O-])CC(NC(=O)COc2ccccc2)C1[Se]c1ccccc1. The van der Waals surface area contributed by atoms with Crippen molar-refractivity contribution in [2.24, 2.45) is 0 Å². The number of quaternary nitrogens is 1. The molecule has 7 heteroatoms. The maximum absolute atomic E-state index is 13.5. The number of hydrogen-bond acceptors (Lipinski definition) is 3. The molecule has 0 radical (unpaired) electrons. The number of nitrogens with one attached hydrogen (secondary N) is 1. The maximum atomic E-state index is 13.5. The summed E-state index contributed by atoms with van der Waals surface area (Å²) in [6.07, 6.45) is 0. The second kappa shape index (κ2) is 8.16. The molecule has 0 aliphatic carbocycles. The summed E-state index contributed by atoms with van der Waals surface area (Å²) in [4.78, 5) is 12.3. The number of benzene rings is 2. The summed E-state index contributed by atoms with van der Waals surface area (Å²) in [5, 5.41) is 16.6. The molecule has 0 aromatic heterocycles. The van der Waals surface area contributed by atoms with Gasteiger partial charge in [0.25, 0.3) is 0 Å². The van der Waals surface area contributed by atoms with Crippen LogP contribution in [-0.2, 0) is 4.79 Å². The summed E-state index contributed by atoms with van der Waals surface area (Å²) in [5.74, 6) is 0.502. The summed E-state index contributed by atoms with van der Waals surface area (Å²) in [7, 11) is -1.96. The fraction of sp³-hybridized carbons (Fsp3) is 0.350. The van der Waals surface area contributed by atoms with Crippen molar-refractivity contribution in [3.63, 3.8) is 0 Å². The van der Waals surface area contributed by atoms with Crippen molar-refractivity contribution in [1.29, 1.82) is 0 Å². The molecular formula is C20H26N2O3SeSi. The predicted molar refractivity (Wildman–Crippen MR) is 111 cm³/mol. The number of nitrogens with zero attached hydrogens (tertiary/aromatic N) is 1. The van der Waals surface area contributed by atoms with Crippen molar-refractivity contribution < 1.29 is 13.8 Å². The normalized spacial score (nSPS) is 24.7. The molecule has 3 unspecified atom stereocenters. The Labute approximate surface area is 168 Å². The zero-order valence-corrected chi connectivity index (χ0v) is 18.6. The molecule has 1 aliphatic rings. The second-order valence-electron chi connectivity index (χ2n) is 7.75. The third-order valence-corrected chi connectivity index (χ3v) is 11.0. The van der Waals surface area contributed by atoms with Gasteiger partial charge in [0.1, 0.15) is 0 Å². The number of rotatable bonds is 7. The summed E-state index contributed by atoms with van der Waals surface area (Å²) >= 11 is 0.0137. The van der Waals surface area contributed by atoms with E-state index >= 15 is 0 Å². The number of carbonyl (C=O) groups excluding carboxylic acids is 1. The van der Waals surface area contributed by atoms with Gasteiger partial charge in [-0.15, -0.1) is 0 Å². The molecule has 27 heavy (non-hydrogen) atoms. The first-order valence-electron chi connectivity index (χ1n) is 9.07. The van der Waals surface area contributed by atoms with Gasteiger partial charge in [0, 0.05) is 0 Å². The van der Waals surface area contributed by atoms with Crippen molar-refractivity contribution in [3.8, 4) is 5.75 Å². The minimum absolute atomic E-state index is 0.0137. The zero-order chi connectivity index (χ0) is 19.5. The number of para-hydroxylation sites is 1. The zero-order valence-electron chi connectivity index (χ0n) is 15.9. The molecule has 5 nitrogen and oxygen atoms in total. The van der Waals surface area contributed by atoms with E-state index in [2.05, 4.69) is 37.1 Å². The van der Waals surface area contributed by atoms with Crippen LogP contribution in [0.25, 0.3) is 0 Å². The first-order chi connectivity index (χ1) is 12.8. The Balaban J connectivity index is 1.64. The summed E-state index contributed by atoms with van der Waals surface area (Å²) < 4.78 is 6.60. The van der Waals surface area contributed by atoms with Gasteiger partial charge in [-0.2, -0.15) is 0 Å². The molecule has 1 saturated heterocycles. The van der Waals surface area contributed by atoms with E-state index in [1.165, 1.54) is 4.46 Å². The molecule has 1 aliphatic heterocycles. The van der Waals surface area contributed by atoms with E-state index in [-0.39, 0.29) is 42.8 Å². The molecule has 0 spiro atoms. The van der Waals surface area contributed by atoms with E-state index in [9.17, 15) is 10.0 Å². The topological polar surface area (TPSA) is 61.4 Å². The van der Waals surface area contributed by atoms with Crippen LogP contribution in [0, 0.1) is 5.21 Å². The predicted octanol–water partition coefficient (Wildman–Crippen LogP) is 2.07. The van der Waals surface area contributed by atoms with Crippen molar-refractivity contribution in [2.75, 3.05) is 13.2 Å². The fourth-order valence-electron chi connectivity index (χ4n) is 3.13. The van der Waals surface area contributed by atoms with Crippen molar-refractivity contribution in [2.45, 2.75) is 30.6 Å².